The lowest BCUT2D eigenvalue weighted by atomic mass is 9.87. The smallest absolute Gasteiger partial charge is 0.195 e. The van der Waals surface area contributed by atoms with E-state index in [9.17, 15) is 0 Å². The molecule has 3 rings (SSSR count). The number of aromatic nitrogens is 1. The molecule has 0 unspecified atom stereocenters. The SMILES string of the molecule is CCNCc1ccc2nc(CC3CCCCC3)oc2c1. The highest BCUT2D eigenvalue weighted by Crippen LogP contribution is 2.28. The van der Waals surface area contributed by atoms with Gasteiger partial charge in [0.2, 0.25) is 0 Å². The van der Waals surface area contributed by atoms with Crippen molar-refractivity contribution < 1.29 is 4.42 Å². The minimum atomic E-state index is 0.776. The summed E-state index contributed by atoms with van der Waals surface area (Å²) in [6.07, 6.45) is 7.83. The fraction of sp³-hybridized carbons (Fsp3) is 0.588. The number of hydrogen-bond donors (Lipinski definition) is 1. The first kappa shape index (κ1) is 13.6. The highest BCUT2D eigenvalue weighted by Gasteiger charge is 2.17. The third-order valence-corrected chi connectivity index (χ3v) is 4.26. The maximum absolute atomic E-state index is 5.95. The van der Waals surface area contributed by atoms with E-state index in [0.717, 1.165) is 42.4 Å². The predicted molar refractivity (Wildman–Crippen MR) is 81.7 cm³/mol. The van der Waals surface area contributed by atoms with Gasteiger partial charge in [0.05, 0.1) is 0 Å². The first-order chi connectivity index (χ1) is 9.85. The summed E-state index contributed by atoms with van der Waals surface area (Å²) in [4.78, 5) is 4.64. The zero-order valence-corrected chi connectivity index (χ0v) is 12.3. The van der Waals surface area contributed by atoms with Crippen LogP contribution in [0.5, 0.6) is 0 Å². The molecule has 1 fully saturated rings. The molecule has 0 aliphatic heterocycles. The van der Waals surface area contributed by atoms with Crippen LogP contribution < -0.4 is 5.32 Å². The van der Waals surface area contributed by atoms with E-state index in [1.165, 1.54) is 37.7 Å². The van der Waals surface area contributed by atoms with Crippen molar-refractivity contribution >= 4 is 11.1 Å². The van der Waals surface area contributed by atoms with Crippen molar-refractivity contribution in [2.75, 3.05) is 6.54 Å². The highest BCUT2D eigenvalue weighted by molar-refractivity contribution is 5.73. The normalized spacial score (nSPS) is 16.9. The Labute approximate surface area is 120 Å². The number of hydrogen-bond acceptors (Lipinski definition) is 3. The minimum absolute atomic E-state index is 0.776. The van der Waals surface area contributed by atoms with Gasteiger partial charge in [-0.2, -0.15) is 0 Å². The molecule has 1 aromatic heterocycles. The second kappa shape index (κ2) is 6.40. The van der Waals surface area contributed by atoms with Gasteiger partial charge < -0.3 is 9.73 Å². The molecule has 20 heavy (non-hydrogen) atoms. The van der Waals surface area contributed by atoms with Crippen LogP contribution in [0.2, 0.25) is 0 Å². The van der Waals surface area contributed by atoms with Crippen molar-refractivity contribution in [2.45, 2.75) is 52.0 Å². The lowest BCUT2D eigenvalue weighted by Crippen LogP contribution is -2.11. The van der Waals surface area contributed by atoms with Crippen LogP contribution in [-0.4, -0.2) is 11.5 Å². The molecule has 1 aromatic carbocycles. The van der Waals surface area contributed by atoms with E-state index in [-0.39, 0.29) is 0 Å². The first-order valence-corrected chi connectivity index (χ1v) is 7.94. The zero-order chi connectivity index (χ0) is 13.8. The van der Waals surface area contributed by atoms with Gasteiger partial charge in [0.1, 0.15) is 5.52 Å². The molecule has 0 bridgehead atoms. The van der Waals surface area contributed by atoms with Crippen molar-refractivity contribution in [1.82, 2.24) is 10.3 Å². The van der Waals surface area contributed by atoms with E-state index in [2.05, 4.69) is 35.4 Å². The third-order valence-electron chi connectivity index (χ3n) is 4.26. The van der Waals surface area contributed by atoms with Crippen LogP contribution in [-0.2, 0) is 13.0 Å². The number of benzene rings is 1. The van der Waals surface area contributed by atoms with Crippen molar-refractivity contribution in [3.8, 4) is 0 Å². The molecule has 1 saturated carbocycles. The largest absolute Gasteiger partial charge is 0.441 e. The minimum Gasteiger partial charge on any atom is -0.441 e. The number of nitrogens with one attached hydrogen (secondary N) is 1. The molecule has 0 spiro atoms. The van der Waals surface area contributed by atoms with E-state index in [4.69, 9.17) is 4.42 Å². The van der Waals surface area contributed by atoms with Crippen molar-refractivity contribution in [2.24, 2.45) is 5.92 Å². The molecule has 0 amide bonds. The third kappa shape index (κ3) is 3.21. The van der Waals surface area contributed by atoms with E-state index >= 15 is 0 Å². The lowest BCUT2D eigenvalue weighted by Gasteiger charge is -2.19. The van der Waals surface area contributed by atoms with Crippen LogP contribution in [0.3, 0.4) is 0 Å². The molecule has 1 N–H and O–H groups in total. The summed E-state index contributed by atoms with van der Waals surface area (Å²) < 4.78 is 5.95. The lowest BCUT2D eigenvalue weighted by molar-refractivity contribution is 0.332. The quantitative estimate of drug-likeness (QED) is 0.892. The molecule has 1 aliphatic carbocycles. The first-order valence-electron chi connectivity index (χ1n) is 7.94. The topological polar surface area (TPSA) is 38.1 Å². The van der Waals surface area contributed by atoms with Gasteiger partial charge in [0.15, 0.2) is 11.5 Å². The van der Waals surface area contributed by atoms with E-state index in [0.29, 0.717) is 0 Å². The molecule has 0 radical (unpaired) electrons. The van der Waals surface area contributed by atoms with Crippen molar-refractivity contribution in [3.05, 3.63) is 29.7 Å². The molecule has 3 nitrogen and oxygen atoms in total. The van der Waals surface area contributed by atoms with Gasteiger partial charge in [0, 0.05) is 13.0 Å². The average molecular weight is 272 g/mol. The number of nitrogens with zero attached hydrogens (tertiary/aromatic N) is 1. The van der Waals surface area contributed by atoms with Crippen molar-refractivity contribution in [1.29, 1.82) is 0 Å². The summed E-state index contributed by atoms with van der Waals surface area (Å²) in [5, 5.41) is 3.34. The number of rotatable bonds is 5. The summed E-state index contributed by atoms with van der Waals surface area (Å²) >= 11 is 0. The van der Waals surface area contributed by atoms with Gasteiger partial charge in [-0.05, 0) is 43.0 Å². The Kier molecular flexibility index (Phi) is 4.36. The van der Waals surface area contributed by atoms with Crippen molar-refractivity contribution in [3.63, 3.8) is 0 Å². The zero-order valence-electron chi connectivity index (χ0n) is 12.3. The Hall–Kier alpha value is -1.35. The Morgan fingerprint density at radius 3 is 2.90 bits per heavy atom. The van der Waals surface area contributed by atoms with Crippen LogP contribution >= 0.6 is 0 Å². The molecule has 1 aliphatic rings. The van der Waals surface area contributed by atoms with Crippen LogP contribution in [0.4, 0.5) is 0 Å². The molecular weight excluding hydrogens is 248 g/mol. The van der Waals surface area contributed by atoms with Gasteiger partial charge in [-0.25, -0.2) is 4.98 Å². The van der Waals surface area contributed by atoms with Gasteiger partial charge in [-0.3, -0.25) is 0 Å². The van der Waals surface area contributed by atoms with Crippen LogP contribution in [0.25, 0.3) is 11.1 Å². The highest BCUT2D eigenvalue weighted by atomic mass is 16.3. The Bertz CT molecular complexity index is 555. The summed E-state index contributed by atoms with van der Waals surface area (Å²) in [5.74, 6) is 1.70. The summed E-state index contributed by atoms with van der Waals surface area (Å²) in [6.45, 7) is 4.00. The van der Waals surface area contributed by atoms with Crippen LogP contribution in [0.1, 0.15) is 50.5 Å². The molecule has 3 heteroatoms. The van der Waals surface area contributed by atoms with E-state index in [1.54, 1.807) is 0 Å². The maximum atomic E-state index is 5.95. The van der Waals surface area contributed by atoms with Gasteiger partial charge in [-0.15, -0.1) is 0 Å². The van der Waals surface area contributed by atoms with E-state index < -0.39 is 0 Å². The number of fused-ring (bicyclic) bond motifs is 1. The Morgan fingerprint density at radius 1 is 1.25 bits per heavy atom. The fourth-order valence-electron chi connectivity index (χ4n) is 3.12. The van der Waals surface area contributed by atoms with Gasteiger partial charge in [0.25, 0.3) is 0 Å². The monoisotopic (exact) mass is 272 g/mol. The summed E-state index contributed by atoms with van der Waals surface area (Å²) in [5.41, 5.74) is 3.20. The molecule has 2 aromatic rings. The van der Waals surface area contributed by atoms with Gasteiger partial charge >= 0.3 is 0 Å². The molecule has 1 heterocycles. The second-order valence-corrected chi connectivity index (χ2v) is 5.90. The Balaban J connectivity index is 1.72. The summed E-state index contributed by atoms with van der Waals surface area (Å²) in [7, 11) is 0. The molecule has 108 valence electrons. The molecule has 0 atom stereocenters. The molecule has 0 saturated heterocycles. The molecular formula is C17H24N2O. The van der Waals surface area contributed by atoms with E-state index in [1.807, 2.05) is 0 Å². The number of oxazole rings is 1. The predicted octanol–water partition coefficient (Wildman–Crippen LogP) is 4.06. The standard InChI is InChI=1S/C17H24N2O/c1-2-18-12-14-8-9-15-16(10-14)20-17(19-15)11-13-6-4-3-5-7-13/h8-10,13,18H,2-7,11-12H2,1H3. The van der Waals surface area contributed by atoms with Gasteiger partial charge in [-0.1, -0.05) is 32.3 Å². The maximum Gasteiger partial charge on any atom is 0.195 e. The summed E-state index contributed by atoms with van der Waals surface area (Å²) in [6, 6.07) is 6.34. The van der Waals surface area contributed by atoms with Crippen LogP contribution in [0.15, 0.2) is 22.6 Å². The Morgan fingerprint density at radius 2 is 2.10 bits per heavy atom. The fourth-order valence-corrected chi connectivity index (χ4v) is 3.12. The average Bonchev–Trinajstić information content (AvgIpc) is 2.87. The second-order valence-electron chi connectivity index (χ2n) is 5.90. The van der Waals surface area contributed by atoms with Crippen LogP contribution in [0, 0.1) is 5.92 Å².